The molecule has 0 radical (unpaired) electrons. The van der Waals surface area contributed by atoms with Gasteiger partial charge in [0.25, 0.3) is 0 Å². The van der Waals surface area contributed by atoms with Gasteiger partial charge in [0.15, 0.2) is 5.78 Å². The molecule has 2 heterocycles. The van der Waals surface area contributed by atoms with E-state index in [1.807, 2.05) is 36.9 Å². The number of Topliss-reactive ketones (excluding diaryl/α,β-unsaturated/α-hetero) is 1. The van der Waals surface area contributed by atoms with Crippen LogP contribution in [-0.2, 0) is 4.74 Å². The Morgan fingerprint density at radius 2 is 2.14 bits per heavy atom. The summed E-state index contributed by atoms with van der Waals surface area (Å²) in [7, 11) is 0. The molecule has 2 saturated heterocycles. The lowest BCUT2D eigenvalue weighted by atomic mass is 9.78. The number of halogens is 1. The highest BCUT2D eigenvalue weighted by atomic mass is 79.9. The Balaban J connectivity index is 1.76. The van der Waals surface area contributed by atoms with Crippen LogP contribution < -0.4 is 0 Å². The summed E-state index contributed by atoms with van der Waals surface area (Å²) >= 11 is 5.50. The molecule has 3 rings (SSSR count). The van der Waals surface area contributed by atoms with Crippen molar-refractivity contribution in [1.29, 1.82) is 0 Å². The molecular formula is C17H21BrO2S. The smallest absolute Gasteiger partial charge is 0.166 e. The van der Waals surface area contributed by atoms with E-state index in [1.165, 1.54) is 0 Å². The normalized spacial score (nSPS) is 25.0. The van der Waals surface area contributed by atoms with Gasteiger partial charge in [0.1, 0.15) is 0 Å². The van der Waals surface area contributed by atoms with Crippen LogP contribution in [0.1, 0.15) is 41.6 Å². The van der Waals surface area contributed by atoms with Gasteiger partial charge in [-0.2, -0.15) is 11.8 Å². The van der Waals surface area contributed by atoms with Crippen molar-refractivity contribution in [3.63, 3.8) is 0 Å². The third kappa shape index (κ3) is 3.38. The van der Waals surface area contributed by atoms with Gasteiger partial charge in [-0.1, -0.05) is 22.0 Å². The lowest BCUT2D eigenvalue weighted by molar-refractivity contribution is -0.0959. The van der Waals surface area contributed by atoms with Crippen LogP contribution in [0.5, 0.6) is 0 Å². The first-order valence-electron chi connectivity index (χ1n) is 7.62. The second-order valence-corrected chi connectivity index (χ2v) is 8.24. The Morgan fingerprint density at radius 3 is 2.86 bits per heavy atom. The molecule has 1 aromatic rings. The molecule has 2 fully saturated rings. The predicted octanol–water partition coefficient (Wildman–Crippen LogP) is 4.63. The van der Waals surface area contributed by atoms with Gasteiger partial charge in [0, 0.05) is 22.6 Å². The largest absolute Gasteiger partial charge is 0.375 e. The maximum atomic E-state index is 12.8. The van der Waals surface area contributed by atoms with Gasteiger partial charge in [-0.25, -0.2) is 0 Å². The van der Waals surface area contributed by atoms with Crippen molar-refractivity contribution < 1.29 is 9.53 Å². The number of ketones is 1. The molecule has 1 unspecified atom stereocenters. The zero-order valence-corrected chi connectivity index (χ0v) is 14.8. The second kappa shape index (κ2) is 6.43. The molecule has 2 nitrogen and oxygen atoms in total. The van der Waals surface area contributed by atoms with E-state index in [0.717, 1.165) is 59.4 Å². The fraction of sp³-hybridized carbons (Fsp3) is 0.588. The van der Waals surface area contributed by atoms with E-state index >= 15 is 0 Å². The number of benzene rings is 1. The lowest BCUT2D eigenvalue weighted by Crippen LogP contribution is -2.44. The zero-order chi connectivity index (χ0) is 14.9. The van der Waals surface area contributed by atoms with Crippen molar-refractivity contribution in [2.45, 2.75) is 38.2 Å². The fourth-order valence-corrected chi connectivity index (χ4v) is 4.86. The van der Waals surface area contributed by atoms with Crippen molar-refractivity contribution in [3.8, 4) is 0 Å². The minimum Gasteiger partial charge on any atom is -0.375 e. The molecule has 1 atom stereocenters. The first kappa shape index (κ1) is 15.6. The second-order valence-electron chi connectivity index (χ2n) is 6.16. The maximum Gasteiger partial charge on any atom is 0.166 e. The van der Waals surface area contributed by atoms with Crippen molar-refractivity contribution in [2.75, 3.05) is 18.1 Å². The molecule has 0 saturated carbocycles. The minimum absolute atomic E-state index is 0.0196. The quantitative estimate of drug-likeness (QED) is 0.711. The third-order valence-electron chi connectivity index (χ3n) is 4.71. The van der Waals surface area contributed by atoms with Crippen LogP contribution in [0.3, 0.4) is 0 Å². The molecule has 0 amide bonds. The monoisotopic (exact) mass is 368 g/mol. The van der Waals surface area contributed by atoms with Crippen molar-refractivity contribution >= 4 is 33.5 Å². The van der Waals surface area contributed by atoms with Crippen LogP contribution >= 0.6 is 27.7 Å². The standard InChI is InChI=1S/C17H21BrO2S/c1-12-10-13(2-3-15(12)18)16(19)14-4-7-20-17(11-14)5-8-21-9-6-17/h2-3,10,14H,4-9,11H2,1H3. The SMILES string of the molecule is Cc1cc(C(=O)C2CCOC3(CCSCC3)C2)ccc1Br. The van der Waals surface area contributed by atoms with Gasteiger partial charge in [0.05, 0.1) is 5.60 Å². The zero-order valence-electron chi connectivity index (χ0n) is 12.4. The highest BCUT2D eigenvalue weighted by Crippen LogP contribution is 2.40. The topological polar surface area (TPSA) is 26.3 Å². The summed E-state index contributed by atoms with van der Waals surface area (Å²) in [6.07, 6.45) is 3.96. The number of thioether (sulfide) groups is 1. The van der Waals surface area contributed by atoms with Crippen molar-refractivity contribution in [3.05, 3.63) is 33.8 Å². The van der Waals surface area contributed by atoms with E-state index in [9.17, 15) is 4.79 Å². The summed E-state index contributed by atoms with van der Waals surface area (Å²) in [5, 5.41) is 0. The molecule has 114 valence electrons. The van der Waals surface area contributed by atoms with Crippen LogP contribution in [0.4, 0.5) is 0 Å². The average Bonchev–Trinajstić information content (AvgIpc) is 2.50. The summed E-state index contributed by atoms with van der Waals surface area (Å²) in [6, 6.07) is 5.93. The molecule has 1 spiro atoms. The van der Waals surface area contributed by atoms with Crippen LogP contribution in [0.2, 0.25) is 0 Å². The van der Waals surface area contributed by atoms with E-state index in [0.29, 0.717) is 5.78 Å². The Labute approximate surface area is 139 Å². The molecule has 4 heteroatoms. The van der Waals surface area contributed by atoms with Crippen molar-refractivity contribution in [2.24, 2.45) is 5.92 Å². The molecule has 2 aliphatic heterocycles. The Bertz CT molecular complexity index is 532. The summed E-state index contributed by atoms with van der Waals surface area (Å²) in [4.78, 5) is 12.8. The molecule has 1 aromatic carbocycles. The summed E-state index contributed by atoms with van der Waals surface area (Å²) < 4.78 is 7.15. The highest BCUT2D eigenvalue weighted by molar-refractivity contribution is 9.10. The molecule has 2 aliphatic rings. The lowest BCUT2D eigenvalue weighted by Gasteiger charge is -2.43. The molecule has 0 aliphatic carbocycles. The van der Waals surface area contributed by atoms with Gasteiger partial charge in [-0.05, 0) is 61.8 Å². The predicted molar refractivity (Wildman–Crippen MR) is 91.2 cm³/mol. The molecular weight excluding hydrogens is 348 g/mol. The van der Waals surface area contributed by atoms with E-state index < -0.39 is 0 Å². The van der Waals surface area contributed by atoms with E-state index in [-0.39, 0.29) is 11.5 Å². The number of hydrogen-bond donors (Lipinski definition) is 0. The third-order valence-corrected chi connectivity index (χ3v) is 6.59. The number of carbonyl (C=O) groups excluding carboxylic acids is 1. The number of hydrogen-bond acceptors (Lipinski definition) is 3. The average molecular weight is 369 g/mol. The van der Waals surface area contributed by atoms with Crippen LogP contribution in [0.15, 0.2) is 22.7 Å². The maximum absolute atomic E-state index is 12.8. The number of carbonyl (C=O) groups is 1. The highest BCUT2D eigenvalue weighted by Gasteiger charge is 2.41. The Hall–Kier alpha value is -0.320. The number of aryl methyl sites for hydroxylation is 1. The summed E-state index contributed by atoms with van der Waals surface area (Å²) in [6.45, 7) is 2.77. The van der Waals surface area contributed by atoms with E-state index in [4.69, 9.17) is 4.74 Å². The molecule has 21 heavy (non-hydrogen) atoms. The Morgan fingerprint density at radius 1 is 1.38 bits per heavy atom. The number of ether oxygens (including phenoxy) is 1. The van der Waals surface area contributed by atoms with E-state index in [1.54, 1.807) is 0 Å². The van der Waals surface area contributed by atoms with Crippen LogP contribution in [0.25, 0.3) is 0 Å². The van der Waals surface area contributed by atoms with Gasteiger partial charge < -0.3 is 4.74 Å². The Kier molecular flexibility index (Phi) is 4.77. The van der Waals surface area contributed by atoms with Crippen LogP contribution in [0, 0.1) is 12.8 Å². The van der Waals surface area contributed by atoms with Gasteiger partial charge >= 0.3 is 0 Å². The van der Waals surface area contributed by atoms with Gasteiger partial charge in [-0.3, -0.25) is 4.79 Å². The first-order chi connectivity index (χ1) is 10.1. The molecule has 0 aromatic heterocycles. The summed E-state index contributed by atoms with van der Waals surface area (Å²) in [5.74, 6) is 2.75. The van der Waals surface area contributed by atoms with E-state index in [2.05, 4.69) is 15.9 Å². The van der Waals surface area contributed by atoms with Gasteiger partial charge in [-0.15, -0.1) is 0 Å². The molecule has 0 N–H and O–H groups in total. The summed E-state index contributed by atoms with van der Waals surface area (Å²) in [5.41, 5.74) is 1.95. The minimum atomic E-state index is -0.0196. The van der Waals surface area contributed by atoms with Gasteiger partial charge in [0.2, 0.25) is 0 Å². The van der Waals surface area contributed by atoms with Crippen molar-refractivity contribution in [1.82, 2.24) is 0 Å². The van der Waals surface area contributed by atoms with Crippen LogP contribution in [-0.4, -0.2) is 29.5 Å². The number of rotatable bonds is 2. The first-order valence-corrected chi connectivity index (χ1v) is 9.56. The fourth-order valence-electron chi connectivity index (χ4n) is 3.38. The molecule has 0 bridgehead atoms.